The average molecular weight is 192 g/mol. The Kier molecular flexibility index (Phi) is 3.18. The Morgan fingerprint density at radius 2 is 2.07 bits per heavy atom. The fraction of sp³-hybridized carbons (Fsp3) is 0. The summed E-state index contributed by atoms with van der Waals surface area (Å²) in [6.07, 6.45) is 1.56. The van der Waals surface area contributed by atoms with Crippen LogP contribution in [0.5, 0.6) is 0 Å². The summed E-state index contributed by atoms with van der Waals surface area (Å²) >= 11 is 0. The zero-order valence-corrected chi connectivity index (χ0v) is 7.50. The van der Waals surface area contributed by atoms with Crippen LogP contribution in [0.25, 0.3) is 11.6 Å². The number of carbonyl (C=O) groups is 1. The number of carbonyl (C=O) groups excluding carboxylic acids is 1. The van der Waals surface area contributed by atoms with E-state index in [9.17, 15) is 9.32 Å². The molecule has 0 aliphatic carbocycles. The number of hydrogen-bond donors (Lipinski definition) is 0. The molecule has 0 radical (unpaired) electrons. The lowest BCUT2D eigenvalue weighted by Crippen LogP contribution is -2.01. The second-order valence-corrected chi connectivity index (χ2v) is 2.63. The van der Waals surface area contributed by atoms with Gasteiger partial charge in [-0.25, -0.2) is 9.74 Å². The van der Waals surface area contributed by atoms with Crippen molar-refractivity contribution >= 4 is 17.6 Å². The van der Waals surface area contributed by atoms with Gasteiger partial charge in [0.1, 0.15) is 0 Å². The van der Waals surface area contributed by atoms with Gasteiger partial charge < -0.3 is 0 Å². The third-order valence-electron chi connectivity index (χ3n) is 1.82. The fourth-order valence-electron chi connectivity index (χ4n) is 1.11. The molecule has 0 fully saturated rings. The van der Waals surface area contributed by atoms with Gasteiger partial charge in [0, 0.05) is 4.53 Å². The molecule has 0 bridgehead atoms. The molecule has 1 aromatic rings. The van der Waals surface area contributed by atoms with Gasteiger partial charge in [0.15, 0.2) is 0 Å². The second-order valence-electron chi connectivity index (χ2n) is 2.63. The normalized spacial score (nSPS) is 9.21. The van der Waals surface area contributed by atoms with Gasteiger partial charge in [-0.3, -0.25) is 0 Å². The van der Waals surface area contributed by atoms with Crippen molar-refractivity contribution in [2.75, 3.05) is 0 Å². The van der Waals surface area contributed by atoms with Crippen LogP contribution in [0.1, 0.15) is 11.1 Å². The molecule has 3 heteroatoms. The molecule has 0 atom stereocenters. The van der Waals surface area contributed by atoms with Crippen molar-refractivity contribution in [1.29, 1.82) is 0 Å². The third kappa shape index (κ3) is 1.88. The average Bonchev–Trinajstić information content (AvgIpc) is 2.26. The smallest absolute Gasteiger partial charge is 0.249 e. The van der Waals surface area contributed by atoms with Gasteiger partial charge in [0.25, 0.3) is 0 Å². The molecule has 0 spiro atoms. The molecule has 0 saturated carbocycles. The summed E-state index contributed by atoms with van der Waals surface area (Å²) in [5.74, 6) is -1.08. The summed E-state index contributed by atoms with van der Waals surface area (Å²) in [5.41, 5.74) is 1.20. The summed E-state index contributed by atoms with van der Waals surface area (Å²) in [6, 6.07) is 6.91. The SMILES string of the molecule is C=Cc1ccccc1C(=C)C(=O)OF. The predicted molar refractivity (Wildman–Crippen MR) is 52.8 cm³/mol. The van der Waals surface area contributed by atoms with E-state index in [4.69, 9.17) is 0 Å². The molecule has 0 unspecified atom stereocenters. The monoisotopic (exact) mass is 192 g/mol. The molecule has 2 nitrogen and oxygen atoms in total. The Labute approximate surface area is 81.2 Å². The minimum atomic E-state index is -1.08. The quantitative estimate of drug-likeness (QED) is 0.688. The molecule has 1 aromatic carbocycles. The Bertz CT molecular complexity index is 383. The van der Waals surface area contributed by atoms with Crippen molar-refractivity contribution in [3.05, 3.63) is 48.6 Å². The molecular formula is C11H9FO2. The highest BCUT2D eigenvalue weighted by atomic mass is 19.3. The first kappa shape index (κ1) is 10.2. The maximum absolute atomic E-state index is 11.6. The van der Waals surface area contributed by atoms with Crippen molar-refractivity contribution < 1.29 is 14.3 Å². The maximum atomic E-state index is 11.6. The predicted octanol–water partition coefficient (Wildman–Crippen LogP) is 2.77. The zero-order chi connectivity index (χ0) is 10.6. The van der Waals surface area contributed by atoms with E-state index in [-0.39, 0.29) is 5.57 Å². The van der Waals surface area contributed by atoms with Crippen LogP contribution < -0.4 is 0 Å². The molecule has 0 amide bonds. The summed E-state index contributed by atoms with van der Waals surface area (Å²) in [6.45, 7) is 7.01. The number of hydrogen-bond acceptors (Lipinski definition) is 2. The van der Waals surface area contributed by atoms with Crippen molar-refractivity contribution in [1.82, 2.24) is 0 Å². The molecular weight excluding hydrogens is 183 g/mol. The largest absolute Gasteiger partial charge is 0.379 e. The number of halogens is 1. The van der Waals surface area contributed by atoms with Crippen LogP contribution in [-0.4, -0.2) is 5.97 Å². The first-order valence-electron chi connectivity index (χ1n) is 3.94. The topological polar surface area (TPSA) is 26.3 Å². The highest BCUT2D eigenvalue weighted by Gasteiger charge is 2.13. The Morgan fingerprint density at radius 1 is 1.43 bits per heavy atom. The highest BCUT2D eigenvalue weighted by molar-refractivity contribution is 6.16. The van der Waals surface area contributed by atoms with E-state index in [0.717, 1.165) is 0 Å². The molecule has 0 aromatic heterocycles. The van der Waals surface area contributed by atoms with Crippen LogP contribution in [-0.2, 0) is 9.74 Å². The molecule has 0 aliphatic heterocycles. The van der Waals surface area contributed by atoms with Crippen LogP contribution in [0.4, 0.5) is 4.53 Å². The van der Waals surface area contributed by atoms with Crippen LogP contribution in [0.15, 0.2) is 37.4 Å². The summed E-state index contributed by atoms with van der Waals surface area (Å²) in [4.78, 5) is 13.9. The van der Waals surface area contributed by atoms with Crippen molar-refractivity contribution in [2.24, 2.45) is 0 Å². The van der Waals surface area contributed by atoms with Crippen LogP contribution in [0.3, 0.4) is 0 Å². The van der Waals surface area contributed by atoms with Crippen molar-refractivity contribution in [3.63, 3.8) is 0 Å². The van der Waals surface area contributed by atoms with Gasteiger partial charge in [0.05, 0.1) is 5.57 Å². The second kappa shape index (κ2) is 4.37. The molecule has 72 valence electrons. The van der Waals surface area contributed by atoms with Gasteiger partial charge in [-0.2, -0.15) is 0 Å². The van der Waals surface area contributed by atoms with Gasteiger partial charge in [-0.05, 0) is 11.1 Å². The standard InChI is InChI=1S/C11H9FO2/c1-3-9-6-4-5-7-10(9)8(2)11(13)14-12/h3-7H,1-2H2. The zero-order valence-electron chi connectivity index (χ0n) is 7.50. The van der Waals surface area contributed by atoms with Crippen molar-refractivity contribution in [2.45, 2.75) is 0 Å². The number of benzene rings is 1. The van der Waals surface area contributed by atoms with E-state index in [2.05, 4.69) is 18.1 Å². The maximum Gasteiger partial charge on any atom is 0.379 e. The molecule has 0 N–H and O–H groups in total. The first-order valence-corrected chi connectivity index (χ1v) is 3.94. The van der Waals surface area contributed by atoms with Crippen LogP contribution in [0, 0.1) is 0 Å². The third-order valence-corrected chi connectivity index (χ3v) is 1.82. The van der Waals surface area contributed by atoms with Gasteiger partial charge in [-0.1, -0.05) is 43.5 Å². The lowest BCUT2D eigenvalue weighted by atomic mass is 10.0. The molecule has 0 saturated heterocycles. The molecule has 0 aliphatic rings. The number of rotatable bonds is 3. The highest BCUT2D eigenvalue weighted by Crippen LogP contribution is 2.19. The van der Waals surface area contributed by atoms with Gasteiger partial charge in [-0.15, -0.1) is 0 Å². The lowest BCUT2D eigenvalue weighted by molar-refractivity contribution is -0.175. The van der Waals surface area contributed by atoms with E-state index in [1.807, 2.05) is 0 Å². The Balaban J connectivity index is 3.12. The lowest BCUT2D eigenvalue weighted by Gasteiger charge is -2.04. The molecule has 14 heavy (non-hydrogen) atoms. The van der Waals surface area contributed by atoms with Gasteiger partial charge >= 0.3 is 5.97 Å². The Morgan fingerprint density at radius 3 is 2.64 bits per heavy atom. The fourth-order valence-corrected chi connectivity index (χ4v) is 1.11. The molecule has 0 heterocycles. The molecule has 1 rings (SSSR count). The van der Waals surface area contributed by atoms with E-state index >= 15 is 0 Å². The van der Waals surface area contributed by atoms with E-state index in [1.165, 1.54) is 0 Å². The summed E-state index contributed by atoms with van der Waals surface area (Å²) < 4.78 is 11.6. The van der Waals surface area contributed by atoms with Gasteiger partial charge in [0.2, 0.25) is 0 Å². The van der Waals surface area contributed by atoms with Crippen LogP contribution >= 0.6 is 0 Å². The van der Waals surface area contributed by atoms with E-state index < -0.39 is 5.97 Å². The van der Waals surface area contributed by atoms with Crippen LogP contribution in [0.2, 0.25) is 0 Å². The van der Waals surface area contributed by atoms with Crippen molar-refractivity contribution in [3.8, 4) is 0 Å². The summed E-state index contributed by atoms with van der Waals surface area (Å²) in [5, 5.41) is 0. The first-order chi connectivity index (χ1) is 6.70. The summed E-state index contributed by atoms with van der Waals surface area (Å²) in [7, 11) is 0. The minimum absolute atomic E-state index is 0.0250. The van der Waals surface area contributed by atoms with E-state index in [0.29, 0.717) is 11.1 Å². The van der Waals surface area contributed by atoms with E-state index in [1.54, 1.807) is 30.3 Å². The minimum Gasteiger partial charge on any atom is -0.249 e. The Hall–Kier alpha value is -1.90.